The van der Waals surface area contributed by atoms with Crippen molar-refractivity contribution in [3.63, 3.8) is 0 Å². The molecule has 0 aliphatic carbocycles. The number of aromatic nitrogens is 2. The normalized spacial score (nSPS) is 11.4. The Balaban J connectivity index is 1.85. The molecule has 2 aromatic rings. The van der Waals surface area contributed by atoms with Crippen LogP contribution in [-0.4, -0.2) is 23.0 Å². The maximum atomic E-state index is 13.4. The molecule has 2 N–H and O–H groups in total. The summed E-state index contributed by atoms with van der Waals surface area (Å²) in [5.41, 5.74) is 0.362. The molecule has 20 heavy (non-hydrogen) atoms. The highest BCUT2D eigenvalue weighted by molar-refractivity contribution is 7.11. The fraction of sp³-hybridized carbons (Fsp3) is 0.308. The number of guanidine groups is 1. The average Bonchev–Trinajstić information content (AvgIpc) is 2.86. The molecule has 2 rings (SSSR count). The highest BCUT2D eigenvalue weighted by Gasteiger charge is 2.05. The summed E-state index contributed by atoms with van der Waals surface area (Å²) in [6.45, 7) is 2.88. The van der Waals surface area contributed by atoms with Crippen LogP contribution >= 0.6 is 11.3 Å². The monoisotopic (exact) mass is 293 g/mol. The van der Waals surface area contributed by atoms with E-state index in [9.17, 15) is 4.39 Å². The van der Waals surface area contributed by atoms with Crippen molar-refractivity contribution in [3.05, 3.63) is 45.9 Å². The zero-order valence-corrected chi connectivity index (χ0v) is 12.2. The quantitative estimate of drug-likeness (QED) is 0.667. The third-order valence-corrected chi connectivity index (χ3v) is 3.47. The Hall–Kier alpha value is -2.02. The maximum absolute atomic E-state index is 13.4. The van der Waals surface area contributed by atoms with Gasteiger partial charge in [-0.15, -0.1) is 11.3 Å². The smallest absolute Gasteiger partial charge is 0.191 e. The van der Waals surface area contributed by atoms with Crippen LogP contribution in [0, 0.1) is 12.7 Å². The Labute approximate surface area is 121 Å². The minimum Gasteiger partial charge on any atom is -0.351 e. The molecule has 0 aliphatic rings. The van der Waals surface area contributed by atoms with E-state index in [2.05, 4.69) is 25.6 Å². The van der Waals surface area contributed by atoms with Gasteiger partial charge in [-0.3, -0.25) is 9.98 Å². The second-order valence-electron chi connectivity index (χ2n) is 4.08. The molecular weight excluding hydrogens is 277 g/mol. The van der Waals surface area contributed by atoms with Gasteiger partial charge in [0, 0.05) is 24.3 Å². The number of rotatable bonds is 4. The van der Waals surface area contributed by atoms with Gasteiger partial charge in [-0.2, -0.15) is 0 Å². The first-order valence-corrected chi connectivity index (χ1v) is 6.96. The molecule has 2 heterocycles. The number of nitrogens with one attached hydrogen (secondary N) is 2. The number of aliphatic imine (C=N–C) groups is 1. The summed E-state index contributed by atoms with van der Waals surface area (Å²) in [6.07, 6.45) is 3.40. The SMILES string of the molecule is CN=C(NCc1ncc(C)s1)NCc1ncccc1F. The van der Waals surface area contributed by atoms with Crippen LogP contribution in [0.5, 0.6) is 0 Å². The lowest BCUT2D eigenvalue weighted by Gasteiger charge is -2.10. The van der Waals surface area contributed by atoms with Gasteiger partial charge in [0.2, 0.25) is 0 Å². The summed E-state index contributed by atoms with van der Waals surface area (Å²) in [5.74, 6) is 0.258. The van der Waals surface area contributed by atoms with Crippen LogP contribution in [0.1, 0.15) is 15.6 Å². The molecule has 106 valence electrons. The lowest BCUT2D eigenvalue weighted by Crippen LogP contribution is -2.36. The van der Waals surface area contributed by atoms with Crippen molar-refractivity contribution in [1.82, 2.24) is 20.6 Å². The predicted octanol–water partition coefficient (Wildman–Crippen LogP) is 1.85. The fourth-order valence-corrected chi connectivity index (χ4v) is 2.31. The van der Waals surface area contributed by atoms with Crippen LogP contribution in [0.2, 0.25) is 0 Å². The minimum absolute atomic E-state index is 0.281. The van der Waals surface area contributed by atoms with E-state index in [1.807, 2.05) is 13.1 Å². The van der Waals surface area contributed by atoms with E-state index in [0.29, 0.717) is 18.2 Å². The van der Waals surface area contributed by atoms with Crippen molar-refractivity contribution >= 4 is 17.3 Å². The first-order valence-electron chi connectivity index (χ1n) is 6.14. The van der Waals surface area contributed by atoms with Crippen molar-refractivity contribution in [2.45, 2.75) is 20.0 Å². The van der Waals surface area contributed by atoms with Gasteiger partial charge in [0.05, 0.1) is 18.8 Å². The summed E-state index contributed by atoms with van der Waals surface area (Å²) >= 11 is 1.63. The molecule has 0 aliphatic heterocycles. The largest absolute Gasteiger partial charge is 0.351 e. The molecule has 5 nitrogen and oxygen atoms in total. The molecule has 0 atom stereocenters. The van der Waals surface area contributed by atoms with E-state index in [1.54, 1.807) is 30.6 Å². The summed E-state index contributed by atoms with van der Waals surface area (Å²) in [7, 11) is 1.66. The van der Waals surface area contributed by atoms with Crippen molar-refractivity contribution < 1.29 is 4.39 Å². The number of pyridine rings is 1. The van der Waals surface area contributed by atoms with Gasteiger partial charge < -0.3 is 10.6 Å². The minimum atomic E-state index is -0.328. The molecule has 0 saturated carbocycles. The van der Waals surface area contributed by atoms with Gasteiger partial charge in [-0.05, 0) is 19.1 Å². The van der Waals surface area contributed by atoms with Gasteiger partial charge in [0.1, 0.15) is 10.8 Å². The Bertz CT molecular complexity index is 596. The van der Waals surface area contributed by atoms with Gasteiger partial charge in [0.15, 0.2) is 5.96 Å². The number of hydrogen-bond donors (Lipinski definition) is 2. The van der Waals surface area contributed by atoms with Gasteiger partial charge in [-0.25, -0.2) is 9.37 Å². The van der Waals surface area contributed by atoms with Crippen molar-refractivity contribution in [2.24, 2.45) is 4.99 Å². The predicted molar refractivity (Wildman–Crippen MR) is 78.1 cm³/mol. The van der Waals surface area contributed by atoms with Crippen LogP contribution in [0.3, 0.4) is 0 Å². The van der Waals surface area contributed by atoms with E-state index in [1.165, 1.54) is 10.9 Å². The Morgan fingerprint density at radius 1 is 1.35 bits per heavy atom. The Kier molecular flexibility index (Phi) is 5.00. The van der Waals surface area contributed by atoms with Crippen LogP contribution in [0.4, 0.5) is 4.39 Å². The van der Waals surface area contributed by atoms with Crippen LogP contribution in [0.15, 0.2) is 29.5 Å². The highest BCUT2D eigenvalue weighted by atomic mass is 32.1. The topological polar surface area (TPSA) is 62.2 Å². The zero-order valence-electron chi connectivity index (χ0n) is 11.4. The molecule has 0 saturated heterocycles. The summed E-state index contributed by atoms with van der Waals surface area (Å²) in [5, 5.41) is 7.12. The van der Waals surface area contributed by atoms with Crippen LogP contribution in [-0.2, 0) is 13.1 Å². The molecule has 0 unspecified atom stereocenters. The average molecular weight is 293 g/mol. The molecule has 0 amide bonds. The molecule has 0 radical (unpaired) electrons. The Morgan fingerprint density at radius 3 is 2.80 bits per heavy atom. The third kappa shape index (κ3) is 3.99. The zero-order chi connectivity index (χ0) is 14.4. The lowest BCUT2D eigenvalue weighted by molar-refractivity contribution is 0.592. The number of thiazole rings is 1. The van der Waals surface area contributed by atoms with Crippen molar-refractivity contribution in [2.75, 3.05) is 7.05 Å². The standard InChI is InChI=1S/C13H16FN5S/c1-9-6-17-12(20-9)8-19-13(15-2)18-7-11-10(14)4-3-5-16-11/h3-6H,7-8H2,1-2H3,(H2,15,18,19). The molecule has 0 spiro atoms. The molecule has 0 fully saturated rings. The molecule has 0 aromatic carbocycles. The molecule has 7 heteroatoms. The van der Waals surface area contributed by atoms with E-state index in [0.717, 1.165) is 5.01 Å². The maximum Gasteiger partial charge on any atom is 0.191 e. The van der Waals surface area contributed by atoms with Crippen molar-refractivity contribution in [1.29, 1.82) is 0 Å². The Morgan fingerprint density at radius 2 is 2.15 bits per heavy atom. The van der Waals surface area contributed by atoms with E-state index in [-0.39, 0.29) is 12.4 Å². The van der Waals surface area contributed by atoms with Crippen LogP contribution in [0.25, 0.3) is 0 Å². The van der Waals surface area contributed by atoms with Gasteiger partial charge in [0.25, 0.3) is 0 Å². The highest BCUT2D eigenvalue weighted by Crippen LogP contribution is 2.10. The first kappa shape index (κ1) is 14.4. The summed E-state index contributed by atoms with van der Waals surface area (Å²) in [4.78, 5) is 13.5. The van der Waals surface area contributed by atoms with Gasteiger partial charge >= 0.3 is 0 Å². The van der Waals surface area contributed by atoms with E-state index >= 15 is 0 Å². The summed E-state index contributed by atoms with van der Waals surface area (Å²) in [6, 6.07) is 2.95. The lowest BCUT2D eigenvalue weighted by atomic mass is 10.3. The second kappa shape index (κ2) is 6.95. The summed E-state index contributed by atoms with van der Waals surface area (Å²) < 4.78 is 13.4. The number of halogens is 1. The molecule has 2 aromatic heterocycles. The van der Waals surface area contributed by atoms with Crippen molar-refractivity contribution in [3.8, 4) is 0 Å². The van der Waals surface area contributed by atoms with E-state index in [4.69, 9.17) is 0 Å². The number of hydrogen-bond acceptors (Lipinski definition) is 4. The van der Waals surface area contributed by atoms with Gasteiger partial charge in [-0.1, -0.05) is 0 Å². The van der Waals surface area contributed by atoms with Crippen LogP contribution < -0.4 is 10.6 Å². The molecule has 0 bridgehead atoms. The fourth-order valence-electron chi connectivity index (χ4n) is 1.58. The first-order chi connectivity index (χ1) is 9.69. The number of nitrogens with zero attached hydrogens (tertiary/aromatic N) is 3. The molecular formula is C13H16FN5S. The van der Waals surface area contributed by atoms with E-state index < -0.39 is 0 Å². The second-order valence-corrected chi connectivity index (χ2v) is 5.40. The number of aryl methyl sites for hydroxylation is 1. The third-order valence-electron chi connectivity index (χ3n) is 2.56.